The molecule has 1 unspecified atom stereocenters. The third kappa shape index (κ3) is 3.74. The van der Waals surface area contributed by atoms with Crippen LogP contribution in [0, 0.1) is 19.8 Å². The van der Waals surface area contributed by atoms with Crippen molar-refractivity contribution >= 4 is 0 Å². The Morgan fingerprint density at radius 2 is 1.89 bits per heavy atom. The first-order chi connectivity index (χ1) is 8.49. The lowest BCUT2D eigenvalue weighted by Crippen LogP contribution is -2.12. The first kappa shape index (κ1) is 15.0. The molecule has 1 rings (SSSR count). The van der Waals surface area contributed by atoms with Crippen molar-refractivity contribution in [3.63, 3.8) is 0 Å². The fraction of sp³-hybridized carbons (Fsp3) is 0.625. The number of benzene rings is 1. The lowest BCUT2D eigenvalue weighted by molar-refractivity contribution is 0.394. The Morgan fingerprint density at radius 3 is 2.39 bits per heavy atom. The minimum absolute atomic E-state index is 0.505. The van der Waals surface area contributed by atoms with E-state index in [1.54, 1.807) is 7.11 Å². The molecule has 102 valence electrons. The van der Waals surface area contributed by atoms with E-state index < -0.39 is 0 Å². The number of hydrogen-bond acceptors (Lipinski definition) is 2. The Morgan fingerprint density at radius 1 is 1.22 bits per heavy atom. The summed E-state index contributed by atoms with van der Waals surface area (Å²) >= 11 is 0. The Bertz CT molecular complexity index is 385. The summed E-state index contributed by atoms with van der Waals surface area (Å²) in [5.74, 6) is 2.20. The van der Waals surface area contributed by atoms with E-state index >= 15 is 0 Å². The van der Waals surface area contributed by atoms with Gasteiger partial charge >= 0.3 is 0 Å². The molecule has 0 heterocycles. The fourth-order valence-electron chi connectivity index (χ4n) is 2.78. The summed E-state index contributed by atoms with van der Waals surface area (Å²) in [5, 5.41) is 0. The fourth-order valence-corrected chi connectivity index (χ4v) is 2.78. The van der Waals surface area contributed by atoms with Crippen molar-refractivity contribution in [3.05, 3.63) is 28.8 Å². The van der Waals surface area contributed by atoms with Crippen LogP contribution in [0.5, 0.6) is 5.75 Å². The summed E-state index contributed by atoms with van der Waals surface area (Å²) in [6, 6.07) is 4.37. The smallest absolute Gasteiger partial charge is 0.122 e. The van der Waals surface area contributed by atoms with Gasteiger partial charge in [-0.1, -0.05) is 19.9 Å². The van der Waals surface area contributed by atoms with Crippen molar-refractivity contribution < 1.29 is 4.74 Å². The van der Waals surface area contributed by atoms with Gasteiger partial charge in [-0.3, -0.25) is 0 Å². The van der Waals surface area contributed by atoms with Crippen molar-refractivity contribution in [1.29, 1.82) is 0 Å². The van der Waals surface area contributed by atoms with E-state index in [4.69, 9.17) is 10.5 Å². The zero-order valence-corrected chi connectivity index (χ0v) is 12.4. The highest BCUT2D eigenvalue weighted by Gasteiger charge is 2.19. The molecule has 0 saturated carbocycles. The van der Waals surface area contributed by atoms with Crippen LogP contribution in [0.25, 0.3) is 0 Å². The molecule has 1 aromatic rings. The number of ether oxygens (including phenoxy) is 1. The molecule has 2 N–H and O–H groups in total. The van der Waals surface area contributed by atoms with Gasteiger partial charge in [0.2, 0.25) is 0 Å². The molecule has 0 bridgehead atoms. The SMILES string of the molecule is COc1cc(C)cc(C)c1C(CCN)CC(C)C. The second-order valence-electron chi connectivity index (χ2n) is 5.60. The number of rotatable bonds is 6. The molecule has 0 aliphatic rings. The molecule has 0 radical (unpaired) electrons. The summed E-state index contributed by atoms with van der Waals surface area (Å²) in [6.45, 7) is 9.54. The van der Waals surface area contributed by atoms with Gasteiger partial charge in [0.1, 0.15) is 5.75 Å². The van der Waals surface area contributed by atoms with Crippen molar-refractivity contribution in [2.45, 2.75) is 46.5 Å². The molecule has 0 aromatic heterocycles. The second-order valence-corrected chi connectivity index (χ2v) is 5.60. The van der Waals surface area contributed by atoms with Crippen molar-refractivity contribution in [2.24, 2.45) is 11.7 Å². The second kappa shape index (κ2) is 6.79. The summed E-state index contributed by atoms with van der Waals surface area (Å²) in [4.78, 5) is 0. The van der Waals surface area contributed by atoms with Gasteiger partial charge in [0.25, 0.3) is 0 Å². The summed E-state index contributed by atoms with van der Waals surface area (Å²) < 4.78 is 5.58. The van der Waals surface area contributed by atoms with Crippen LogP contribution in [0.4, 0.5) is 0 Å². The quantitative estimate of drug-likeness (QED) is 0.832. The van der Waals surface area contributed by atoms with Gasteiger partial charge in [0.15, 0.2) is 0 Å². The molecule has 2 nitrogen and oxygen atoms in total. The lowest BCUT2D eigenvalue weighted by atomic mass is 9.84. The van der Waals surface area contributed by atoms with Crippen LogP contribution in [0.3, 0.4) is 0 Å². The van der Waals surface area contributed by atoms with E-state index in [1.807, 2.05) is 0 Å². The van der Waals surface area contributed by atoms with Crippen molar-refractivity contribution in [3.8, 4) is 5.75 Å². The topological polar surface area (TPSA) is 35.2 Å². The Kier molecular flexibility index (Phi) is 5.67. The maximum absolute atomic E-state index is 5.77. The van der Waals surface area contributed by atoms with Gasteiger partial charge in [-0.2, -0.15) is 0 Å². The monoisotopic (exact) mass is 249 g/mol. The predicted molar refractivity (Wildman–Crippen MR) is 78.3 cm³/mol. The van der Waals surface area contributed by atoms with Gasteiger partial charge in [-0.15, -0.1) is 0 Å². The highest BCUT2D eigenvalue weighted by atomic mass is 16.5. The van der Waals surface area contributed by atoms with Gasteiger partial charge in [-0.25, -0.2) is 0 Å². The van der Waals surface area contributed by atoms with Gasteiger partial charge in [0.05, 0.1) is 7.11 Å². The highest BCUT2D eigenvalue weighted by molar-refractivity contribution is 5.45. The predicted octanol–water partition coefficient (Wildman–Crippen LogP) is 3.79. The van der Waals surface area contributed by atoms with Crippen molar-refractivity contribution in [1.82, 2.24) is 0 Å². The van der Waals surface area contributed by atoms with Crippen LogP contribution in [-0.4, -0.2) is 13.7 Å². The van der Waals surface area contributed by atoms with Gasteiger partial charge in [-0.05, 0) is 62.3 Å². The lowest BCUT2D eigenvalue weighted by Gasteiger charge is -2.23. The standard InChI is InChI=1S/C16H27NO/c1-11(2)8-14(6-7-17)16-13(4)9-12(3)10-15(16)18-5/h9-11,14H,6-8,17H2,1-5H3. The molecule has 18 heavy (non-hydrogen) atoms. The molecule has 0 aliphatic carbocycles. The Hall–Kier alpha value is -1.02. The Balaban J connectivity index is 3.17. The number of aryl methyl sites for hydroxylation is 2. The van der Waals surface area contributed by atoms with E-state index in [0.29, 0.717) is 11.8 Å². The molecule has 0 spiro atoms. The highest BCUT2D eigenvalue weighted by Crippen LogP contribution is 2.36. The van der Waals surface area contributed by atoms with Crippen LogP contribution >= 0.6 is 0 Å². The molecule has 0 aliphatic heterocycles. The third-order valence-corrected chi connectivity index (χ3v) is 3.39. The van der Waals surface area contributed by atoms with E-state index in [1.165, 1.54) is 16.7 Å². The average molecular weight is 249 g/mol. The minimum atomic E-state index is 0.505. The molecule has 0 saturated heterocycles. The van der Waals surface area contributed by atoms with E-state index in [2.05, 4.69) is 39.8 Å². The zero-order valence-electron chi connectivity index (χ0n) is 12.4. The maximum Gasteiger partial charge on any atom is 0.122 e. The number of hydrogen-bond donors (Lipinski definition) is 1. The van der Waals surface area contributed by atoms with Crippen LogP contribution in [0.15, 0.2) is 12.1 Å². The molecular formula is C16H27NO. The van der Waals surface area contributed by atoms with Crippen LogP contribution in [0.2, 0.25) is 0 Å². The van der Waals surface area contributed by atoms with Crippen molar-refractivity contribution in [2.75, 3.05) is 13.7 Å². The minimum Gasteiger partial charge on any atom is -0.496 e. The van der Waals surface area contributed by atoms with E-state index in [0.717, 1.165) is 25.1 Å². The molecule has 0 amide bonds. The number of nitrogens with two attached hydrogens (primary N) is 1. The van der Waals surface area contributed by atoms with E-state index in [-0.39, 0.29) is 0 Å². The first-order valence-corrected chi connectivity index (χ1v) is 6.84. The first-order valence-electron chi connectivity index (χ1n) is 6.84. The van der Waals surface area contributed by atoms with Crippen LogP contribution in [0.1, 0.15) is 49.3 Å². The molecule has 1 aromatic carbocycles. The summed E-state index contributed by atoms with van der Waals surface area (Å²) in [5.41, 5.74) is 9.70. The summed E-state index contributed by atoms with van der Waals surface area (Å²) in [6.07, 6.45) is 2.19. The van der Waals surface area contributed by atoms with Gasteiger partial charge < -0.3 is 10.5 Å². The molecular weight excluding hydrogens is 222 g/mol. The Labute approximate surface area is 112 Å². The average Bonchev–Trinajstić information content (AvgIpc) is 2.26. The molecule has 1 atom stereocenters. The zero-order chi connectivity index (χ0) is 13.7. The molecule has 2 heteroatoms. The maximum atomic E-state index is 5.77. The number of methoxy groups -OCH3 is 1. The normalized spacial score (nSPS) is 12.8. The van der Waals surface area contributed by atoms with Crippen LogP contribution in [-0.2, 0) is 0 Å². The third-order valence-electron chi connectivity index (χ3n) is 3.39. The largest absolute Gasteiger partial charge is 0.496 e. The summed E-state index contributed by atoms with van der Waals surface area (Å²) in [7, 11) is 1.76. The van der Waals surface area contributed by atoms with Crippen LogP contribution < -0.4 is 10.5 Å². The van der Waals surface area contributed by atoms with E-state index in [9.17, 15) is 0 Å². The molecule has 0 fully saturated rings. The van der Waals surface area contributed by atoms with Gasteiger partial charge in [0, 0.05) is 5.56 Å².